The van der Waals surface area contributed by atoms with Crippen molar-refractivity contribution in [2.24, 2.45) is 0 Å². The van der Waals surface area contributed by atoms with Crippen molar-refractivity contribution in [2.45, 2.75) is 25.4 Å². The van der Waals surface area contributed by atoms with E-state index in [1.165, 1.54) is 0 Å². The van der Waals surface area contributed by atoms with Crippen LogP contribution in [0.5, 0.6) is 0 Å². The zero-order valence-electron chi connectivity index (χ0n) is 13.5. The number of likely N-dealkylation sites (tertiary alicyclic amines) is 1. The number of ether oxygens (including phenoxy) is 1. The highest BCUT2D eigenvalue weighted by Gasteiger charge is 2.25. The van der Waals surface area contributed by atoms with Crippen LogP contribution in [0.3, 0.4) is 0 Å². The molecular formula is C17H22ClN3O3. The van der Waals surface area contributed by atoms with Crippen molar-refractivity contribution in [3.8, 4) is 0 Å². The number of carbonyl (C=O) groups excluding carboxylic acids is 2. The third-order valence-electron chi connectivity index (χ3n) is 4.33. The van der Waals surface area contributed by atoms with Crippen LogP contribution in [0, 0.1) is 0 Å². The lowest BCUT2D eigenvalue weighted by atomic mass is 10.1. The van der Waals surface area contributed by atoms with E-state index in [1.807, 2.05) is 4.90 Å². The third-order valence-corrected chi connectivity index (χ3v) is 4.57. The molecule has 24 heavy (non-hydrogen) atoms. The van der Waals surface area contributed by atoms with Gasteiger partial charge in [-0.15, -0.1) is 0 Å². The van der Waals surface area contributed by atoms with Crippen molar-refractivity contribution < 1.29 is 14.3 Å². The lowest BCUT2D eigenvalue weighted by Crippen LogP contribution is -2.45. The number of benzene rings is 1. The molecule has 0 bridgehead atoms. The van der Waals surface area contributed by atoms with Gasteiger partial charge in [0.25, 0.3) is 11.8 Å². The number of amides is 2. The lowest BCUT2D eigenvalue weighted by Gasteiger charge is -2.28. The zero-order valence-corrected chi connectivity index (χ0v) is 14.3. The molecule has 2 N–H and O–H groups in total. The Bertz CT molecular complexity index is 611. The summed E-state index contributed by atoms with van der Waals surface area (Å²) in [6.45, 7) is 3.20. The zero-order chi connectivity index (χ0) is 16.9. The van der Waals surface area contributed by atoms with Crippen LogP contribution in [-0.2, 0) is 9.53 Å². The van der Waals surface area contributed by atoms with Crippen molar-refractivity contribution in [3.63, 3.8) is 0 Å². The Hall–Kier alpha value is -1.63. The summed E-state index contributed by atoms with van der Waals surface area (Å²) in [4.78, 5) is 27.0. The summed E-state index contributed by atoms with van der Waals surface area (Å²) >= 11 is 6.06. The van der Waals surface area contributed by atoms with E-state index in [0.717, 1.165) is 38.9 Å². The summed E-state index contributed by atoms with van der Waals surface area (Å²) in [5.41, 5.74) is 0.913. The number of anilines is 1. The average molecular weight is 352 g/mol. The smallest absolute Gasteiger partial charge is 0.255 e. The van der Waals surface area contributed by atoms with Crippen LogP contribution in [0.1, 0.15) is 29.6 Å². The van der Waals surface area contributed by atoms with Gasteiger partial charge in [0.2, 0.25) is 0 Å². The molecule has 2 amide bonds. The lowest BCUT2D eigenvalue weighted by molar-refractivity contribution is -0.128. The monoisotopic (exact) mass is 351 g/mol. The maximum absolute atomic E-state index is 12.8. The summed E-state index contributed by atoms with van der Waals surface area (Å²) in [7, 11) is 0. The summed E-state index contributed by atoms with van der Waals surface area (Å²) in [6.07, 6.45) is 2.63. The molecule has 1 aromatic carbocycles. The molecule has 7 heteroatoms. The Morgan fingerprint density at radius 2 is 2.04 bits per heavy atom. The van der Waals surface area contributed by atoms with Crippen molar-refractivity contribution >= 4 is 29.1 Å². The fourth-order valence-corrected chi connectivity index (χ4v) is 3.19. The number of carbonyl (C=O) groups is 2. The Labute approximate surface area is 146 Å². The van der Waals surface area contributed by atoms with E-state index in [4.69, 9.17) is 16.3 Å². The van der Waals surface area contributed by atoms with Crippen molar-refractivity contribution in [1.82, 2.24) is 10.2 Å². The molecule has 2 heterocycles. The number of hydrogen-bond acceptors (Lipinski definition) is 4. The summed E-state index contributed by atoms with van der Waals surface area (Å²) < 4.78 is 5.46. The van der Waals surface area contributed by atoms with E-state index in [-0.39, 0.29) is 11.8 Å². The number of nitrogens with zero attached hydrogens (tertiary/aromatic N) is 1. The van der Waals surface area contributed by atoms with Gasteiger partial charge < -0.3 is 20.3 Å². The number of piperidine rings is 1. The summed E-state index contributed by atoms with van der Waals surface area (Å²) in [5.74, 6) is -0.332. The van der Waals surface area contributed by atoms with E-state index in [1.54, 1.807) is 18.2 Å². The van der Waals surface area contributed by atoms with E-state index < -0.39 is 6.10 Å². The molecular weight excluding hydrogens is 330 g/mol. The SMILES string of the molecule is O=C(Nc1cc(Cl)ccc1C(=O)N1CCCCC1)C1CNCCO1. The molecule has 0 spiro atoms. The van der Waals surface area contributed by atoms with E-state index >= 15 is 0 Å². The predicted octanol–water partition coefficient (Wildman–Crippen LogP) is 1.89. The largest absolute Gasteiger partial charge is 0.366 e. The molecule has 3 rings (SSSR count). The molecule has 0 radical (unpaired) electrons. The summed E-state index contributed by atoms with van der Waals surface area (Å²) in [5, 5.41) is 6.40. The molecule has 6 nitrogen and oxygen atoms in total. The first-order chi connectivity index (χ1) is 11.6. The highest BCUT2D eigenvalue weighted by molar-refractivity contribution is 6.31. The second-order valence-corrected chi connectivity index (χ2v) is 6.53. The van der Waals surface area contributed by atoms with Crippen LogP contribution in [0.25, 0.3) is 0 Å². The second-order valence-electron chi connectivity index (χ2n) is 6.10. The van der Waals surface area contributed by atoms with Gasteiger partial charge in [-0.05, 0) is 37.5 Å². The van der Waals surface area contributed by atoms with E-state index in [2.05, 4.69) is 10.6 Å². The Kier molecular flexibility index (Phi) is 5.71. The molecule has 130 valence electrons. The fourth-order valence-electron chi connectivity index (χ4n) is 3.02. The Balaban J connectivity index is 1.77. The topological polar surface area (TPSA) is 70.7 Å². The van der Waals surface area contributed by atoms with Gasteiger partial charge in [0.1, 0.15) is 6.10 Å². The first kappa shape index (κ1) is 17.2. The Morgan fingerprint density at radius 1 is 1.25 bits per heavy atom. The van der Waals surface area contributed by atoms with Crippen LogP contribution < -0.4 is 10.6 Å². The molecule has 0 aromatic heterocycles. The van der Waals surface area contributed by atoms with Crippen LogP contribution in [0.4, 0.5) is 5.69 Å². The maximum atomic E-state index is 12.8. The second kappa shape index (κ2) is 7.96. The van der Waals surface area contributed by atoms with Gasteiger partial charge in [0, 0.05) is 31.2 Å². The van der Waals surface area contributed by atoms with Gasteiger partial charge >= 0.3 is 0 Å². The van der Waals surface area contributed by atoms with Crippen LogP contribution in [-0.4, -0.2) is 55.6 Å². The van der Waals surface area contributed by atoms with Gasteiger partial charge in [0.15, 0.2) is 0 Å². The molecule has 1 unspecified atom stereocenters. The molecule has 0 aliphatic carbocycles. The van der Waals surface area contributed by atoms with Gasteiger partial charge in [-0.1, -0.05) is 11.6 Å². The number of hydrogen-bond donors (Lipinski definition) is 2. The van der Waals surface area contributed by atoms with Crippen molar-refractivity contribution in [2.75, 3.05) is 38.1 Å². The predicted molar refractivity (Wildman–Crippen MR) is 92.4 cm³/mol. The summed E-state index contributed by atoms with van der Waals surface area (Å²) in [6, 6.07) is 4.97. The molecule has 2 saturated heterocycles. The van der Waals surface area contributed by atoms with Crippen LogP contribution in [0.15, 0.2) is 18.2 Å². The highest BCUT2D eigenvalue weighted by Crippen LogP contribution is 2.24. The molecule has 0 saturated carbocycles. The number of rotatable bonds is 3. The minimum absolute atomic E-state index is 0.0654. The molecule has 2 fully saturated rings. The first-order valence-corrected chi connectivity index (χ1v) is 8.75. The van der Waals surface area contributed by atoms with Gasteiger partial charge in [0.05, 0.1) is 17.9 Å². The standard InChI is InChI=1S/C17H22ClN3O3/c18-12-4-5-13(17(23)21-7-2-1-3-8-21)14(10-12)20-16(22)15-11-19-6-9-24-15/h4-5,10,15,19H,1-3,6-9,11H2,(H,20,22). The van der Waals surface area contributed by atoms with Crippen molar-refractivity contribution in [3.05, 3.63) is 28.8 Å². The molecule has 1 aromatic rings. The first-order valence-electron chi connectivity index (χ1n) is 8.37. The van der Waals surface area contributed by atoms with E-state index in [0.29, 0.717) is 29.4 Å². The molecule has 2 aliphatic heterocycles. The number of nitrogens with one attached hydrogen (secondary N) is 2. The number of morpholine rings is 1. The number of halogens is 1. The minimum atomic E-state index is -0.560. The van der Waals surface area contributed by atoms with E-state index in [9.17, 15) is 9.59 Å². The minimum Gasteiger partial charge on any atom is -0.366 e. The Morgan fingerprint density at radius 3 is 2.75 bits per heavy atom. The van der Waals surface area contributed by atoms with Crippen molar-refractivity contribution in [1.29, 1.82) is 0 Å². The maximum Gasteiger partial charge on any atom is 0.255 e. The van der Waals surface area contributed by atoms with Crippen LogP contribution >= 0.6 is 11.6 Å². The van der Waals surface area contributed by atoms with Gasteiger partial charge in [-0.25, -0.2) is 0 Å². The highest BCUT2D eigenvalue weighted by atomic mass is 35.5. The quantitative estimate of drug-likeness (QED) is 0.872. The van der Waals surface area contributed by atoms with Crippen LogP contribution in [0.2, 0.25) is 5.02 Å². The van der Waals surface area contributed by atoms with Gasteiger partial charge in [-0.3, -0.25) is 9.59 Å². The fraction of sp³-hybridized carbons (Fsp3) is 0.529. The molecule has 1 atom stereocenters. The third kappa shape index (κ3) is 4.06. The van der Waals surface area contributed by atoms with Gasteiger partial charge in [-0.2, -0.15) is 0 Å². The average Bonchev–Trinajstić information content (AvgIpc) is 2.63. The normalized spacial score (nSPS) is 21.4. The molecule has 2 aliphatic rings.